The Morgan fingerprint density at radius 3 is 2.75 bits per heavy atom. The Labute approximate surface area is 120 Å². The second kappa shape index (κ2) is 5.44. The van der Waals surface area contributed by atoms with Gasteiger partial charge in [-0.1, -0.05) is 12.1 Å². The zero-order chi connectivity index (χ0) is 14.1. The average molecular weight is 274 g/mol. The third kappa shape index (κ3) is 2.29. The molecule has 0 aromatic heterocycles. The van der Waals surface area contributed by atoms with Crippen molar-refractivity contribution in [1.29, 1.82) is 0 Å². The molecule has 3 atom stereocenters. The lowest BCUT2D eigenvalue weighted by atomic mass is 9.86. The maximum atomic E-state index is 11.9. The SMILES string of the molecule is COc1ccc([C@@H]2CN[C@@H]3CCCN(C(C)=O)[C@@H]32)cc1. The van der Waals surface area contributed by atoms with Crippen molar-refractivity contribution in [2.45, 2.75) is 37.8 Å². The summed E-state index contributed by atoms with van der Waals surface area (Å²) in [4.78, 5) is 14.0. The minimum Gasteiger partial charge on any atom is -0.497 e. The van der Waals surface area contributed by atoms with E-state index in [9.17, 15) is 4.79 Å². The normalized spacial score (nSPS) is 29.1. The van der Waals surface area contributed by atoms with E-state index >= 15 is 0 Å². The van der Waals surface area contributed by atoms with E-state index in [1.165, 1.54) is 12.0 Å². The number of nitrogens with one attached hydrogen (secondary N) is 1. The highest BCUT2D eigenvalue weighted by molar-refractivity contribution is 5.74. The fourth-order valence-electron chi connectivity index (χ4n) is 3.67. The maximum absolute atomic E-state index is 11.9. The van der Waals surface area contributed by atoms with Crippen molar-refractivity contribution < 1.29 is 9.53 Å². The first kappa shape index (κ1) is 13.4. The molecule has 0 aliphatic carbocycles. The Balaban J connectivity index is 1.86. The highest BCUT2D eigenvalue weighted by atomic mass is 16.5. The number of hydrogen-bond acceptors (Lipinski definition) is 3. The van der Waals surface area contributed by atoms with Crippen molar-refractivity contribution in [3.63, 3.8) is 0 Å². The van der Waals surface area contributed by atoms with Gasteiger partial charge in [-0.25, -0.2) is 0 Å². The van der Waals surface area contributed by atoms with Gasteiger partial charge in [0, 0.05) is 32.0 Å². The molecule has 2 saturated heterocycles. The molecule has 0 radical (unpaired) electrons. The van der Waals surface area contributed by atoms with Gasteiger partial charge in [-0.3, -0.25) is 4.79 Å². The van der Waals surface area contributed by atoms with Crippen LogP contribution in [0.1, 0.15) is 31.2 Å². The molecule has 0 saturated carbocycles. The predicted octanol–water partition coefficient (Wildman–Crippen LogP) is 1.76. The second-order valence-electron chi connectivity index (χ2n) is 5.74. The Hall–Kier alpha value is -1.55. The van der Waals surface area contributed by atoms with Crippen molar-refractivity contribution in [2.75, 3.05) is 20.2 Å². The fourth-order valence-corrected chi connectivity index (χ4v) is 3.67. The summed E-state index contributed by atoms with van der Waals surface area (Å²) in [5, 5.41) is 3.60. The van der Waals surface area contributed by atoms with Crippen molar-refractivity contribution in [1.82, 2.24) is 10.2 Å². The molecule has 2 fully saturated rings. The zero-order valence-electron chi connectivity index (χ0n) is 12.1. The Morgan fingerprint density at radius 2 is 2.10 bits per heavy atom. The van der Waals surface area contributed by atoms with E-state index in [1.807, 2.05) is 12.1 Å². The molecule has 1 N–H and O–H groups in total. The fraction of sp³-hybridized carbons (Fsp3) is 0.562. The summed E-state index contributed by atoms with van der Waals surface area (Å²) in [5.74, 6) is 1.46. The summed E-state index contributed by atoms with van der Waals surface area (Å²) >= 11 is 0. The molecule has 0 unspecified atom stereocenters. The topological polar surface area (TPSA) is 41.6 Å². The van der Waals surface area contributed by atoms with Gasteiger partial charge in [0.05, 0.1) is 13.2 Å². The molecule has 1 aromatic carbocycles. The second-order valence-corrected chi connectivity index (χ2v) is 5.74. The van der Waals surface area contributed by atoms with Crippen LogP contribution in [0.2, 0.25) is 0 Å². The Kier molecular flexibility index (Phi) is 3.66. The van der Waals surface area contributed by atoms with Crippen LogP contribution in [0.5, 0.6) is 5.75 Å². The third-order valence-electron chi connectivity index (χ3n) is 4.65. The van der Waals surface area contributed by atoms with Crippen LogP contribution in [0.15, 0.2) is 24.3 Å². The van der Waals surface area contributed by atoms with Gasteiger partial charge in [-0.15, -0.1) is 0 Å². The molecule has 0 bridgehead atoms. The standard InChI is InChI=1S/C16H22N2O2/c1-11(19)18-9-3-4-15-16(18)14(10-17-15)12-5-7-13(20-2)8-6-12/h5-8,14-17H,3-4,9-10H2,1-2H3/t14-,15+,16+/m0/s1. The molecule has 4 heteroatoms. The molecular formula is C16H22N2O2. The highest BCUT2D eigenvalue weighted by Gasteiger charge is 2.43. The number of hydrogen-bond donors (Lipinski definition) is 1. The van der Waals surface area contributed by atoms with Gasteiger partial charge in [-0.2, -0.15) is 0 Å². The summed E-state index contributed by atoms with van der Waals surface area (Å²) in [7, 11) is 1.68. The van der Waals surface area contributed by atoms with Gasteiger partial charge in [0.2, 0.25) is 5.91 Å². The molecule has 3 rings (SSSR count). The number of ether oxygens (including phenoxy) is 1. The minimum absolute atomic E-state index is 0.196. The van der Waals surface area contributed by atoms with Crippen LogP contribution in [0.4, 0.5) is 0 Å². The van der Waals surface area contributed by atoms with Crippen LogP contribution in [0, 0.1) is 0 Å². The van der Waals surface area contributed by atoms with Crippen LogP contribution in [0.3, 0.4) is 0 Å². The lowest BCUT2D eigenvalue weighted by Gasteiger charge is -2.39. The van der Waals surface area contributed by atoms with Crippen molar-refractivity contribution >= 4 is 5.91 Å². The maximum Gasteiger partial charge on any atom is 0.219 e. The molecule has 4 nitrogen and oxygen atoms in total. The number of fused-ring (bicyclic) bond motifs is 1. The van der Waals surface area contributed by atoms with E-state index in [4.69, 9.17) is 4.74 Å². The van der Waals surface area contributed by atoms with E-state index in [1.54, 1.807) is 14.0 Å². The Bertz CT molecular complexity index is 486. The Morgan fingerprint density at radius 1 is 1.35 bits per heavy atom. The van der Waals surface area contributed by atoms with Crippen LogP contribution < -0.4 is 10.1 Å². The summed E-state index contributed by atoms with van der Waals surface area (Å²) in [6, 6.07) is 9.00. The zero-order valence-corrected chi connectivity index (χ0v) is 12.1. The van der Waals surface area contributed by atoms with E-state index in [2.05, 4.69) is 22.3 Å². The van der Waals surface area contributed by atoms with E-state index in [-0.39, 0.29) is 5.91 Å². The smallest absolute Gasteiger partial charge is 0.219 e. The third-order valence-corrected chi connectivity index (χ3v) is 4.65. The number of rotatable bonds is 2. The largest absolute Gasteiger partial charge is 0.497 e. The van der Waals surface area contributed by atoms with Crippen LogP contribution in [-0.2, 0) is 4.79 Å². The highest BCUT2D eigenvalue weighted by Crippen LogP contribution is 2.35. The van der Waals surface area contributed by atoms with E-state index in [0.717, 1.165) is 25.3 Å². The molecule has 2 heterocycles. The lowest BCUT2D eigenvalue weighted by molar-refractivity contribution is -0.132. The lowest BCUT2D eigenvalue weighted by Crippen LogP contribution is -2.52. The number of benzene rings is 1. The van der Waals surface area contributed by atoms with Crippen molar-refractivity contribution in [2.24, 2.45) is 0 Å². The number of nitrogens with zero attached hydrogens (tertiary/aromatic N) is 1. The van der Waals surface area contributed by atoms with Gasteiger partial charge in [0.1, 0.15) is 5.75 Å². The van der Waals surface area contributed by atoms with E-state index in [0.29, 0.717) is 18.0 Å². The number of carbonyl (C=O) groups is 1. The molecule has 108 valence electrons. The molecule has 0 spiro atoms. The van der Waals surface area contributed by atoms with Crippen molar-refractivity contribution in [3.8, 4) is 5.75 Å². The first-order valence-electron chi connectivity index (χ1n) is 7.35. The summed E-state index contributed by atoms with van der Waals surface area (Å²) < 4.78 is 5.22. The predicted molar refractivity (Wildman–Crippen MR) is 77.9 cm³/mol. The minimum atomic E-state index is 0.196. The average Bonchev–Trinajstić information content (AvgIpc) is 2.91. The van der Waals surface area contributed by atoms with Crippen LogP contribution in [-0.4, -0.2) is 43.1 Å². The number of amides is 1. The monoisotopic (exact) mass is 274 g/mol. The van der Waals surface area contributed by atoms with Gasteiger partial charge >= 0.3 is 0 Å². The number of carbonyl (C=O) groups excluding carboxylic acids is 1. The first-order chi connectivity index (χ1) is 9.70. The molecule has 20 heavy (non-hydrogen) atoms. The summed E-state index contributed by atoms with van der Waals surface area (Å²) in [6.07, 6.45) is 2.27. The van der Waals surface area contributed by atoms with Gasteiger partial charge < -0.3 is 15.0 Å². The van der Waals surface area contributed by atoms with Crippen LogP contribution >= 0.6 is 0 Å². The number of likely N-dealkylation sites (tertiary alicyclic amines) is 1. The van der Waals surface area contributed by atoms with Crippen LogP contribution in [0.25, 0.3) is 0 Å². The first-order valence-corrected chi connectivity index (χ1v) is 7.35. The van der Waals surface area contributed by atoms with Gasteiger partial charge in [-0.05, 0) is 30.5 Å². The van der Waals surface area contributed by atoms with Gasteiger partial charge in [0.15, 0.2) is 0 Å². The molecule has 1 amide bonds. The summed E-state index contributed by atoms with van der Waals surface area (Å²) in [5.41, 5.74) is 1.29. The molecule has 1 aromatic rings. The molecular weight excluding hydrogens is 252 g/mol. The quantitative estimate of drug-likeness (QED) is 0.893. The van der Waals surface area contributed by atoms with Crippen molar-refractivity contribution in [3.05, 3.63) is 29.8 Å². The van der Waals surface area contributed by atoms with E-state index < -0.39 is 0 Å². The molecule has 2 aliphatic rings. The van der Waals surface area contributed by atoms with Gasteiger partial charge in [0.25, 0.3) is 0 Å². The number of methoxy groups -OCH3 is 1. The molecule has 2 aliphatic heterocycles. The number of piperidine rings is 1. The summed E-state index contributed by atoms with van der Waals surface area (Å²) in [6.45, 7) is 3.53.